The van der Waals surface area contributed by atoms with Gasteiger partial charge in [0.05, 0.1) is 13.0 Å². The number of hydrogen-bond acceptors (Lipinski definition) is 7. The largest absolute Gasteiger partial charge is 0.511 e. The first-order valence-corrected chi connectivity index (χ1v) is 7.02. The third-order valence-electron chi connectivity index (χ3n) is 2.18. The molecule has 0 aromatic heterocycles. The summed E-state index contributed by atoms with van der Waals surface area (Å²) in [6, 6.07) is 0. The van der Waals surface area contributed by atoms with Crippen molar-refractivity contribution in [2.24, 2.45) is 0 Å². The summed E-state index contributed by atoms with van der Waals surface area (Å²) >= 11 is 0. The van der Waals surface area contributed by atoms with Crippen LogP contribution >= 0.6 is 0 Å². The van der Waals surface area contributed by atoms with Gasteiger partial charge in [0.1, 0.15) is 5.60 Å². The topological polar surface area (TPSA) is 91.4 Å². The van der Waals surface area contributed by atoms with Crippen molar-refractivity contribution in [3.8, 4) is 0 Å². The minimum absolute atomic E-state index is 0.0493. The maximum absolute atomic E-state index is 11.7. The van der Waals surface area contributed by atoms with E-state index in [0.717, 1.165) is 0 Å². The van der Waals surface area contributed by atoms with Gasteiger partial charge in [-0.1, -0.05) is 0 Å². The Morgan fingerprint density at radius 1 is 1.14 bits per heavy atom. The van der Waals surface area contributed by atoms with Crippen molar-refractivity contribution in [1.82, 2.24) is 4.90 Å². The van der Waals surface area contributed by atoms with Gasteiger partial charge in [0.2, 0.25) is 6.29 Å². The average molecular weight is 319 g/mol. The molecule has 0 radical (unpaired) electrons. The highest BCUT2D eigenvalue weighted by molar-refractivity contribution is 5.72. The van der Waals surface area contributed by atoms with E-state index in [1.807, 2.05) is 0 Å². The molecule has 22 heavy (non-hydrogen) atoms. The Hall–Kier alpha value is -1.99. The lowest BCUT2D eigenvalue weighted by Crippen LogP contribution is -2.35. The fourth-order valence-electron chi connectivity index (χ4n) is 1.25. The lowest BCUT2D eigenvalue weighted by Gasteiger charge is -2.24. The van der Waals surface area contributed by atoms with Gasteiger partial charge in [-0.3, -0.25) is 4.79 Å². The molecule has 8 heteroatoms. The minimum atomic E-state index is -1.06. The van der Waals surface area contributed by atoms with Gasteiger partial charge in [-0.05, 0) is 27.7 Å². The SMILES string of the molecule is CCOC(=O)OC(C)OC(=O)CCN(C)C(=O)OC(C)(C)C. The maximum atomic E-state index is 11.7. The second-order valence-corrected chi connectivity index (χ2v) is 5.51. The van der Waals surface area contributed by atoms with Crippen molar-refractivity contribution in [3.63, 3.8) is 0 Å². The fourth-order valence-corrected chi connectivity index (χ4v) is 1.25. The predicted molar refractivity (Wildman–Crippen MR) is 77.1 cm³/mol. The third kappa shape index (κ3) is 9.84. The predicted octanol–water partition coefficient (Wildman–Crippen LogP) is 2.31. The number of hydrogen-bond donors (Lipinski definition) is 0. The number of ether oxygens (including phenoxy) is 4. The van der Waals surface area contributed by atoms with Crippen molar-refractivity contribution < 1.29 is 33.3 Å². The highest BCUT2D eigenvalue weighted by Gasteiger charge is 2.21. The number of rotatable bonds is 6. The van der Waals surface area contributed by atoms with E-state index in [1.165, 1.54) is 18.9 Å². The number of carbonyl (C=O) groups excluding carboxylic acids is 3. The molecule has 0 aromatic rings. The summed E-state index contributed by atoms with van der Waals surface area (Å²) in [7, 11) is 1.51. The van der Waals surface area contributed by atoms with E-state index in [9.17, 15) is 14.4 Å². The van der Waals surface area contributed by atoms with Crippen molar-refractivity contribution >= 4 is 18.2 Å². The van der Waals surface area contributed by atoms with Crippen LogP contribution in [0.3, 0.4) is 0 Å². The molecule has 0 saturated heterocycles. The van der Waals surface area contributed by atoms with Gasteiger partial charge in [0.15, 0.2) is 0 Å². The Morgan fingerprint density at radius 3 is 2.23 bits per heavy atom. The maximum Gasteiger partial charge on any atom is 0.511 e. The van der Waals surface area contributed by atoms with Gasteiger partial charge < -0.3 is 23.8 Å². The molecule has 1 unspecified atom stereocenters. The molecule has 0 aromatic carbocycles. The fraction of sp³-hybridized carbons (Fsp3) is 0.786. The number of esters is 1. The summed E-state index contributed by atoms with van der Waals surface area (Å²) in [5, 5.41) is 0. The van der Waals surface area contributed by atoms with Crippen molar-refractivity contribution in [2.75, 3.05) is 20.2 Å². The summed E-state index contributed by atoms with van der Waals surface area (Å²) in [6.45, 7) is 8.57. The number of amides is 1. The highest BCUT2D eigenvalue weighted by atomic mass is 16.8. The zero-order valence-corrected chi connectivity index (χ0v) is 14.0. The van der Waals surface area contributed by atoms with Crippen LogP contribution in [-0.4, -0.2) is 55.2 Å². The lowest BCUT2D eigenvalue weighted by molar-refractivity contribution is -0.168. The molecule has 0 saturated carbocycles. The molecule has 0 spiro atoms. The van der Waals surface area contributed by atoms with Crippen LogP contribution in [0, 0.1) is 0 Å². The summed E-state index contributed by atoms with van der Waals surface area (Å²) in [5.74, 6) is -0.604. The van der Waals surface area contributed by atoms with Crippen molar-refractivity contribution in [2.45, 2.75) is 52.9 Å². The van der Waals surface area contributed by atoms with Crippen molar-refractivity contribution in [3.05, 3.63) is 0 Å². The monoisotopic (exact) mass is 319 g/mol. The molecule has 128 valence electrons. The Balaban J connectivity index is 4.07. The van der Waals surface area contributed by atoms with E-state index in [-0.39, 0.29) is 19.6 Å². The highest BCUT2D eigenvalue weighted by Crippen LogP contribution is 2.09. The second-order valence-electron chi connectivity index (χ2n) is 5.51. The van der Waals surface area contributed by atoms with Crippen LogP contribution in [0.15, 0.2) is 0 Å². The molecule has 0 fully saturated rings. The molecule has 0 aliphatic rings. The van der Waals surface area contributed by atoms with Crippen LogP contribution in [0.4, 0.5) is 9.59 Å². The van der Waals surface area contributed by atoms with Crippen LogP contribution in [0.25, 0.3) is 0 Å². The van der Waals surface area contributed by atoms with Crippen LogP contribution in [0.1, 0.15) is 41.0 Å². The average Bonchev–Trinajstić information content (AvgIpc) is 2.33. The third-order valence-corrected chi connectivity index (χ3v) is 2.18. The Kier molecular flexibility index (Phi) is 8.29. The van der Waals surface area contributed by atoms with E-state index in [0.29, 0.717) is 0 Å². The van der Waals surface area contributed by atoms with Crippen LogP contribution in [0.5, 0.6) is 0 Å². The van der Waals surface area contributed by atoms with E-state index in [2.05, 4.69) is 9.47 Å². The zero-order valence-electron chi connectivity index (χ0n) is 14.0. The molecule has 0 N–H and O–H groups in total. The smallest absolute Gasteiger partial charge is 0.444 e. The molecule has 1 atom stereocenters. The molecule has 0 bridgehead atoms. The Bertz CT molecular complexity index is 389. The van der Waals surface area contributed by atoms with E-state index < -0.39 is 30.1 Å². The summed E-state index contributed by atoms with van der Waals surface area (Å²) in [5.41, 5.74) is -0.603. The quantitative estimate of drug-likeness (QED) is 0.421. The van der Waals surface area contributed by atoms with Gasteiger partial charge in [0.25, 0.3) is 0 Å². The Morgan fingerprint density at radius 2 is 1.73 bits per heavy atom. The molecule has 8 nitrogen and oxygen atoms in total. The van der Waals surface area contributed by atoms with Gasteiger partial charge >= 0.3 is 18.2 Å². The van der Waals surface area contributed by atoms with Crippen molar-refractivity contribution in [1.29, 1.82) is 0 Å². The molecule has 0 heterocycles. The van der Waals surface area contributed by atoms with E-state index in [1.54, 1.807) is 27.7 Å². The van der Waals surface area contributed by atoms with Gasteiger partial charge in [-0.2, -0.15) is 0 Å². The van der Waals surface area contributed by atoms with E-state index >= 15 is 0 Å². The number of nitrogens with zero attached hydrogens (tertiary/aromatic N) is 1. The molecule has 0 aliphatic heterocycles. The number of carbonyl (C=O) groups is 3. The normalized spacial score (nSPS) is 12.1. The van der Waals surface area contributed by atoms with Crippen LogP contribution < -0.4 is 0 Å². The first kappa shape index (κ1) is 20.0. The Labute approximate surface area is 130 Å². The summed E-state index contributed by atoms with van der Waals surface area (Å²) in [6.07, 6.45) is -2.55. The van der Waals surface area contributed by atoms with Crippen LogP contribution in [0.2, 0.25) is 0 Å². The second kappa shape index (κ2) is 9.11. The first-order chi connectivity index (χ1) is 10.0. The molecule has 0 aliphatic carbocycles. The molecule has 0 rings (SSSR count). The van der Waals surface area contributed by atoms with Gasteiger partial charge in [-0.25, -0.2) is 9.59 Å². The van der Waals surface area contributed by atoms with E-state index in [4.69, 9.17) is 9.47 Å². The van der Waals surface area contributed by atoms with Crippen LogP contribution in [-0.2, 0) is 23.7 Å². The lowest BCUT2D eigenvalue weighted by atomic mass is 10.2. The first-order valence-electron chi connectivity index (χ1n) is 7.02. The standard InChI is InChI=1S/C14H25NO7/c1-7-19-13(18)21-10(2)20-11(16)8-9-15(6)12(17)22-14(3,4)5/h10H,7-9H2,1-6H3. The minimum Gasteiger partial charge on any atom is -0.444 e. The van der Waals surface area contributed by atoms with Gasteiger partial charge in [-0.15, -0.1) is 0 Å². The molecular formula is C14H25NO7. The summed E-state index contributed by atoms with van der Waals surface area (Å²) < 4.78 is 19.2. The van der Waals surface area contributed by atoms with Gasteiger partial charge in [0, 0.05) is 20.5 Å². The summed E-state index contributed by atoms with van der Waals surface area (Å²) in [4.78, 5) is 35.5. The molecule has 1 amide bonds. The molecular weight excluding hydrogens is 294 g/mol. The zero-order chi connectivity index (χ0) is 17.3.